The first kappa shape index (κ1) is 16.1. The number of alkyl halides is 3. The number of aliphatic carboxylic acids is 1. The van der Waals surface area contributed by atoms with E-state index in [0.29, 0.717) is 25.2 Å². The van der Waals surface area contributed by atoms with Crippen LogP contribution in [0.3, 0.4) is 0 Å². The third-order valence-corrected chi connectivity index (χ3v) is 2.36. The molecule has 0 saturated carbocycles. The monoisotopic (exact) mass is 292 g/mol. The number of halogens is 3. The third kappa shape index (κ3) is 7.50. The van der Waals surface area contributed by atoms with E-state index in [4.69, 9.17) is 9.84 Å². The summed E-state index contributed by atoms with van der Waals surface area (Å²) in [6, 6.07) is 5.12. The van der Waals surface area contributed by atoms with Crippen LogP contribution in [-0.2, 0) is 4.79 Å². The van der Waals surface area contributed by atoms with Gasteiger partial charge in [-0.05, 0) is 43.5 Å². The van der Waals surface area contributed by atoms with Crippen molar-refractivity contribution in [3.8, 4) is 11.5 Å². The molecular weight excluding hydrogens is 277 g/mol. The number of ether oxygens (including phenoxy) is 2. The predicted octanol–water partition coefficient (Wildman–Crippen LogP) is 3.61. The summed E-state index contributed by atoms with van der Waals surface area (Å²) < 4.78 is 44.8. The normalized spacial score (nSPS) is 11.2. The van der Waals surface area contributed by atoms with Crippen LogP contribution < -0.4 is 9.47 Å². The lowest BCUT2D eigenvalue weighted by Crippen LogP contribution is -2.16. The Hall–Kier alpha value is -1.92. The van der Waals surface area contributed by atoms with Gasteiger partial charge >= 0.3 is 12.3 Å². The summed E-state index contributed by atoms with van der Waals surface area (Å²) >= 11 is 0. The highest BCUT2D eigenvalue weighted by molar-refractivity contribution is 5.66. The number of rotatable bonds is 8. The SMILES string of the molecule is O=C(O)CCCCCOc1ccc(OC(F)(F)F)cc1. The highest BCUT2D eigenvalue weighted by Gasteiger charge is 2.30. The zero-order valence-corrected chi connectivity index (χ0v) is 10.7. The largest absolute Gasteiger partial charge is 0.573 e. The first-order chi connectivity index (χ1) is 9.37. The third-order valence-electron chi connectivity index (χ3n) is 2.36. The molecule has 20 heavy (non-hydrogen) atoms. The van der Waals surface area contributed by atoms with Crippen LogP contribution in [0, 0.1) is 0 Å². The Morgan fingerprint density at radius 1 is 1.05 bits per heavy atom. The number of hydrogen-bond acceptors (Lipinski definition) is 3. The number of carboxylic acids is 1. The first-order valence-corrected chi connectivity index (χ1v) is 6.07. The van der Waals surface area contributed by atoms with E-state index in [2.05, 4.69) is 4.74 Å². The molecule has 0 fully saturated rings. The van der Waals surface area contributed by atoms with E-state index in [0.717, 1.165) is 6.42 Å². The molecule has 0 unspecified atom stereocenters. The fourth-order valence-electron chi connectivity index (χ4n) is 1.48. The van der Waals surface area contributed by atoms with Crippen LogP contribution in [0.4, 0.5) is 13.2 Å². The molecule has 0 aromatic heterocycles. The second kappa shape index (κ2) is 7.62. The Morgan fingerprint density at radius 3 is 2.20 bits per heavy atom. The molecule has 1 N–H and O–H groups in total. The van der Waals surface area contributed by atoms with Gasteiger partial charge in [-0.25, -0.2) is 0 Å². The van der Waals surface area contributed by atoms with Gasteiger partial charge in [0.15, 0.2) is 0 Å². The highest BCUT2D eigenvalue weighted by Crippen LogP contribution is 2.24. The van der Waals surface area contributed by atoms with Crippen molar-refractivity contribution in [1.82, 2.24) is 0 Å². The molecule has 1 aromatic rings. The van der Waals surface area contributed by atoms with Crippen LogP contribution >= 0.6 is 0 Å². The van der Waals surface area contributed by atoms with Crippen molar-refractivity contribution in [2.75, 3.05) is 6.61 Å². The van der Waals surface area contributed by atoms with Crippen molar-refractivity contribution < 1.29 is 32.5 Å². The number of carbonyl (C=O) groups is 1. The Labute approximate surface area is 114 Å². The van der Waals surface area contributed by atoms with Gasteiger partial charge in [-0.15, -0.1) is 13.2 Å². The van der Waals surface area contributed by atoms with Crippen molar-refractivity contribution in [2.24, 2.45) is 0 Å². The molecule has 0 atom stereocenters. The average Bonchev–Trinajstić information content (AvgIpc) is 2.33. The van der Waals surface area contributed by atoms with E-state index in [-0.39, 0.29) is 12.2 Å². The standard InChI is InChI=1S/C13H15F3O4/c14-13(15,16)20-11-7-5-10(6-8-11)19-9-3-1-2-4-12(17)18/h5-8H,1-4,9H2,(H,17,18). The maximum absolute atomic E-state index is 11.9. The van der Waals surface area contributed by atoms with Crippen LogP contribution in [0.25, 0.3) is 0 Å². The lowest BCUT2D eigenvalue weighted by Gasteiger charge is -2.10. The molecule has 0 radical (unpaired) electrons. The van der Waals surface area contributed by atoms with E-state index >= 15 is 0 Å². The molecule has 7 heteroatoms. The van der Waals surface area contributed by atoms with Crippen molar-refractivity contribution in [2.45, 2.75) is 32.0 Å². The number of benzene rings is 1. The van der Waals surface area contributed by atoms with Gasteiger partial charge in [-0.3, -0.25) is 4.79 Å². The molecular formula is C13H15F3O4. The molecule has 0 amide bonds. The topological polar surface area (TPSA) is 55.8 Å². The van der Waals surface area contributed by atoms with Crippen LogP contribution in [0.5, 0.6) is 11.5 Å². The van der Waals surface area contributed by atoms with Gasteiger partial charge in [0.1, 0.15) is 11.5 Å². The van der Waals surface area contributed by atoms with E-state index < -0.39 is 12.3 Å². The van der Waals surface area contributed by atoms with Gasteiger partial charge < -0.3 is 14.6 Å². The Bertz CT molecular complexity index is 415. The van der Waals surface area contributed by atoms with Crippen LogP contribution in [-0.4, -0.2) is 24.0 Å². The molecule has 112 valence electrons. The van der Waals surface area contributed by atoms with Gasteiger partial charge in [-0.2, -0.15) is 0 Å². The predicted molar refractivity (Wildman–Crippen MR) is 64.7 cm³/mol. The van der Waals surface area contributed by atoms with Crippen molar-refractivity contribution in [3.05, 3.63) is 24.3 Å². The molecule has 0 saturated heterocycles. The maximum atomic E-state index is 11.9. The van der Waals surface area contributed by atoms with Crippen LogP contribution in [0.15, 0.2) is 24.3 Å². The van der Waals surface area contributed by atoms with Gasteiger partial charge in [0.25, 0.3) is 0 Å². The number of unbranched alkanes of at least 4 members (excludes halogenated alkanes) is 2. The fraction of sp³-hybridized carbons (Fsp3) is 0.462. The van der Waals surface area contributed by atoms with Crippen molar-refractivity contribution in [3.63, 3.8) is 0 Å². The van der Waals surface area contributed by atoms with Crippen molar-refractivity contribution in [1.29, 1.82) is 0 Å². The molecule has 0 aliphatic rings. The summed E-state index contributed by atoms with van der Waals surface area (Å²) in [5.74, 6) is -0.685. The van der Waals surface area contributed by atoms with Gasteiger partial charge in [0.2, 0.25) is 0 Å². The van der Waals surface area contributed by atoms with E-state index in [1.807, 2.05) is 0 Å². The lowest BCUT2D eigenvalue weighted by molar-refractivity contribution is -0.274. The zero-order valence-electron chi connectivity index (χ0n) is 10.7. The lowest BCUT2D eigenvalue weighted by atomic mass is 10.2. The summed E-state index contributed by atoms with van der Waals surface area (Å²) in [7, 11) is 0. The minimum atomic E-state index is -4.70. The number of carboxylic acid groups (broad SMARTS) is 1. The molecule has 0 spiro atoms. The molecule has 0 bridgehead atoms. The first-order valence-electron chi connectivity index (χ1n) is 6.07. The minimum Gasteiger partial charge on any atom is -0.494 e. The highest BCUT2D eigenvalue weighted by atomic mass is 19.4. The quantitative estimate of drug-likeness (QED) is 0.744. The van der Waals surface area contributed by atoms with E-state index in [1.54, 1.807) is 0 Å². The van der Waals surface area contributed by atoms with Crippen LogP contribution in [0.1, 0.15) is 25.7 Å². The van der Waals surface area contributed by atoms with Gasteiger partial charge in [0.05, 0.1) is 6.61 Å². The maximum Gasteiger partial charge on any atom is 0.573 e. The summed E-state index contributed by atoms with van der Waals surface area (Å²) in [6.45, 7) is 0.388. The second-order valence-corrected chi connectivity index (χ2v) is 4.07. The molecule has 0 aliphatic heterocycles. The summed E-state index contributed by atoms with van der Waals surface area (Å²) in [5, 5.41) is 8.43. The van der Waals surface area contributed by atoms with E-state index in [9.17, 15) is 18.0 Å². The Kier molecular flexibility index (Phi) is 6.14. The Morgan fingerprint density at radius 2 is 1.65 bits per heavy atom. The molecule has 0 aliphatic carbocycles. The summed E-state index contributed by atoms with van der Waals surface area (Å²) in [4.78, 5) is 10.3. The summed E-state index contributed by atoms with van der Waals surface area (Å²) in [6.07, 6.45) is -2.58. The molecule has 1 aromatic carbocycles. The molecule has 1 rings (SSSR count). The zero-order chi connectivity index (χ0) is 15.0. The van der Waals surface area contributed by atoms with Crippen LogP contribution in [0.2, 0.25) is 0 Å². The summed E-state index contributed by atoms with van der Waals surface area (Å²) in [5.41, 5.74) is 0. The molecule has 0 heterocycles. The fourth-order valence-corrected chi connectivity index (χ4v) is 1.48. The second-order valence-electron chi connectivity index (χ2n) is 4.07. The Balaban J connectivity index is 2.23. The average molecular weight is 292 g/mol. The number of hydrogen-bond donors (Lipinski definition) is 1. The molecule has 4 nitrogen and oxygen atoms in total. The van der Waals surface area contributed by atoms with Crippen molar-refractivity contribution >= 4 is 5.97 Å². The smallest absolute Gasteiger partial charge is 0.494 e. The van der Waals surface area contributed by atoms with Gasteiger partial charge in [-0.1, -0.05) is 0 Å². The van der Waals surface area contributed by atoms with E-state index in [1.165, 1.54) is 24.3 Å². The van der Waals surface area contributed by atoms with Gasteiger partial charge in [0, 0.05) is 6.42 Å². The minimum absolute atomic E-state index is 0.128.